The van der Waals surface area contributed by atoms with Crippen molar-refractivity contribution >= 4 is 61.2 Å². The Morgan fingerprint density at radius 3 is 2.53 bits per heavy atom. The lowest BCUT2D eigenvalue weighted by atomic mass is 9.96. The number of carboxylic acid groups (broad SMARTS) is 1. The van der Waals surface area contributed by atoms with Crippen molar-refractivity contribution in [2.45, 2.75) is 36.7 Å². The van der Waals surface area contributed by atoms with Crippen molar-refractivity contribution in [2.24, 2.45) is 11.7 Å². The first kappa shape index (κ1) is 34.4. The Bertz CT molecular complexity index is 1700. The van der Waals surface area contributed by atoms with E-state index in [1.807, 2.05) is 37.4 Å². The summed E-state index contributed by atoms with van der Waals surface area (Å²) in [7, 11) is -3.76. The SMILES string of the molecule is CCOCCN(c1cccc2cc(-c3ncc(CN4CCC(C(N)=O)CC4)s3)[nH]c12)S(=O)(=O)c1cccs1.O=C(O)C(F)(F)F. The number of thiophene rings is 1. The lowest BCUT2D eigenvalue weighted by molar-refractivity contribution is -0.192. The maximum absolute atomic E-state index is 13.6. The maximum atomic E-state index is 13.6. The zero-order chi connectivity index (χ0) is 32.8. The maximum Gasteiger partial charge on any atom is 0.490 e. The van der Waals surface area contributed by atoms with Gasteiger partial charge in [-0.25, -0.2) is 18.2 Å². The number of aromatic nitrogens is 2. The fourth-order valence-electron chi connectivity index (χ4n) is 4.75. The molecular formula is C28H32F3N5O6S3. The molecule has 5 rings (SSSR count). The molecule has 1 aromatic carbocycles. The number of likely N-dealkylation sites (tertiary alicyclic amines) is 1. The number of benzene rings is 1. The number of halogens is 3. The number of nitrogens with two attached hydrogens (primary N) is 1. The highest BCUT2D eigenvalue weighted by atomic mass is 32.2. The smallest absolute Gasteiger partial charge is 0.475 e. The van der Waals surface area contributed by atoms with E-state index < -0.39 is 22.2 Å². The number of amides is 1. The molecule has 0 atom stereocenters. The molecule has 4 N–H and O–H groups in total. The molecule has 0 saturated carbocycles. The van der Waals surface area contributed by atoms with Gasteiger partial charge in [-0.1, -0.05) is 18.2 Å². The van der Waals surface area contributed by atoms with E-state index in [1.165, 1.54) is 15.6 Å². The number of aromatic amines is 1. The quantitative estimate of drug-likeness (QED) is 0.188. The lowest BCUT2D eigenvalue weighted by Crippen LogP contribution is -2.37. The van der Waals surface area contributed by atoms with Crippen molar-refractivity contribution < 1.29 is 41.0 Å². The van der Waals surface area contributed by atoms with Crippen molar-refractivity contribution in [3.8, 4) is 10.7 Å². The van der Waals surface area contributed by atoms with Crippen molar-refractivity contribution in [1.82, 2.24) is 14.9 Å². The zero-order valence-corrected chi connectivity index (χ0v) is 26.6. The van der Waals surface area contributed by atoms with Gasteiger partial charge in [0, 0.05) is 35.5 Å². The second-order valence-corrected chi connectivity index (χ2v) is 14.2. The minimum absolute atomic E-state index is 0.0273. The highest BCUT2D eigenvalue weighted by Crippen LogP contribution is 2.35. The second-order valence-electron chi connectivity index (χ2n) is 10.0. The molecule has 0 spiro atoms. The van der Waals surface area contributed by atoms with E-state index in [0.29, 0.717) is 16.5 Å². The number of ether oxygens (including phenoxy) is 1. The predicted octanol–water partition coefficient (Wildman–Crippen LogP) is 4.92. The molecule has 244 valence electrons. The van der Waals surface area contributed by atoms with Crippen molar-refractivity contribution in [2.75, 3.05) is 37.2 Å². The van der Waals surface area contributed by atoms with Crippen LogP contribution in [0.3, 0.4) is 0 Å². The first-order valence-corrected chi connectivity index (χ1v) is 17.0. The number of carbonyl (C=O) groups excluding carboxylic acids is 1. The van der Waals surface area contributed by atoms with Crippen LogP contribution in [0.25, 0.3) is 21.6 Å². The third-order valence-corrected chi connectivity index (χ3v) is 11.2. The monoisotopic (exact) mass is 687 g/mol. The number of nitrogens with one attached hydrogen (secondary N) is 1. The van der Waals surface area contributed by atoms with Gasteiger partial charge in [0.15, 0.2) is 0 Å². The minimum atomic E-state index is -5.08. The molecule has 0 radical (unpaired) electrons. The van der Waals surface area contributed by atoms with Gasteiger partial charge in [-0.15, -0.1) is 22.7 Å². The van der Waals surface area contributed by atoms with E-state index in [1.54, 1.807) is 28.8 Å². The Labute approximate surface area is 265 Å². The van der Waals surface area contributed by atoms with Gasteiger partial charge in [0.2, 0.25) is 5.91 Å². The number of alkyl halides is 3. The van der Waals surface area contributed by atoms with Crippen molar-refractivity contribution in [3.05, 3.63) is 52.9 Å². The Morgan fingerprint density at radius 1 is 1.22 bits per heavy atom. The van der Waals surface area contributed by atoms with E-state index in [0.717, 1.165) is 59.0 Å². The summed E-state index contributed by atoms with van der Waals surface area (Å²) in [6.45, 7) is 5.35. The van der Waals surface area contributed by atoms with E-state index in [9.17, 15) is 26.4 Å². The number of sulfonamides is 1. The molecule has 1 saturated heterocycles. The number of carboxylic acids is 1. The lowest BCUT2D eigenvalue weighted by Gasteiger charge is -2.29. The first-order valence-electron chi connectivity index (χ1n) is 13.8. The second kappa shape index (κ2) is 14.7. The third kappa shape index (κ3) is 8.61. The van der Waals surface area contributed by atoms with E-state index in [2.05, 4.69) is 14.9 Å². The summed E-state index contributed by atoms with van der Waals surface area (Å²) in [6, 6.07) is 11.0. The minimum Gasteiger partial charge on any atom is -0.475 e. The summed E-state index contributed by atoms with van der Waals surface area (Å²) in [5, 5.41) is 10.6. The van der Waals surface area contributed by atoms with Gasteiger partial charge in [-0.05, 0) is 56.4 Å². The van der Waals surface area contributed by atoms with E-state index >= 15 is 0 Å². The Hall–Kier alpha value is -3.51. The summed E-state index contributed by atoms with van der Waals surface area (Å²) in [6.07, 6.45) is -1.61. The Morgan fingerprint density at radius 2 is 1.93 bits per heavy atom. The number of rotatable bonds is 11. The van der Waals surface area contributed by atoms with E-state index in [-0.39, 0.29) is 25.0 Å². The van der Waals surface area contributed by atoms with Crippen LogP contribution >= 0.6 is 22.7 Å². The van der Waals surface area contributed by atoms with Crippen molar-refractivity contribution in [3.63, 3.8) is 0 Å². The molecule has 4 aromatic rings. The number of para-hydroxylation sites is 1. The number of fused-ring (bicyclic) bond motifs is 1. The van der Waals surface area contributed by atoms with Crippen LogP contribution in [0.5, 0.6) is 0 Å². The van der Waals surface area contributed by atoms with Crippen LogP contribution in [0, 0.1) is 5.92 Å². The molecule has 1 aliphatic heterocycles. The number of piperidine rings is 1. The van der Waals surface area contributed by atoms with Gasteiger partial charge in [0.25, 0.3) is 10.0 Å². The van der Waals surface area contributed by atoms with Crippen LogP contribution in [0.4, 0.5) is 18.9 Å². The number of thiazole rings is 1. The zero-order valence-electron chi connectivity index (χ0n) is 24.1. The van der Waals surface area contributed by atoms with Crippen LogP contribution < -0.4 is 10.0 Å². The number of primary amides is 1. The standard InChI is InChI=1S/C26H31N5O4S3.C2HF3O2/c1-2-35-13-12-31(38(33,34)23-7-4-14-36-23)22-6-3-5-19-15-21(29-24(19)22)26-28-16-20(37-26)17-30-10-8-18(9-11-30)25(27)32;3-2(4,5)1(6)7/h3-7,14-16,18,29H,2,8-13,17H2,1H3,(H2,27,32);(H,6,7). The molecule has 0 bridgehead atoms. The number of carbonyl (C=O) groups is 2. The van der Waals surface area contributed by atoms with Crippen molar-refractivity contribution in [1.29, 1.82) is 0 Å². The Balaban J connectivity index is 0.000000591. The van der Waals surface area contributed by atoms with Crippen LogP contribution in [0.2, 0.25) is 0 Å². The molecule has 11 nitrogen and oxygen atoms in total. The summed E-state index contributed by atoms with van der Waals surface area (Å²) < 4.78 is 66.1. The van der Waals surface area contributed by atoms with Gasteiger partial charge >= 0.3 is 12.1 Å². The average Bonchev–Trinajstić information content (AvgIpc) is 3.77. The number of H-pyrrole nitrogens is 1. The van der Waals surface area contributed by atoms with Gasteiger partial charge in [0.05, 0.1) is 30.0 Å². The predicted molar refractivity (Wildman–Crippen MR) is 166 cm³/mol. The molecule has 0 unspecified atom stereocenters. The largest absolute Gasteiger partial charge is 0.490 e. The highest BCUT2D eigenvalue weighted by Gasteiger charge is 2.38. The topological polar surface area (TPSA) is 159 Å². The number of hydrogen-bond acceptors (Lipinski definition) is 9. The van der Waals surface area contributed by atoms with Crippen LogP contribution in [0.15, 0.2) is 52.2 Å². The van der Waals surface area contributed by atoms with Gasteiger partial charge < -0.3 is 20.6 Å². The van der Waals surface area contributed by atoms with E-state index in [4.69, 9.17) is 20.4 Å². The number of hydrogen-bond donors (Lipinski definition) is 3. The fraction of sp³-hybridized carbons (Fsp3) is 0.393. The summed E-state index contributed by atoms with van der Waals surface area (Å²) in [5.74, 6) is -2.99. The summed E-state index contributed by atoms with van der Waals surface area (Å²) in [5.41, 5.74) is 7.62. The van der Waals surface area contributed by atoms with Crippen LogP contribution in [-0.2, 0) is 30.9 Å². The average molecular weight is 688 g/mol. The third-order valence-electron chi connectivity index (χ3n) is 6.98. The number of anilines is 1. The van der Waals surface area contributed by atoms with Crippen LogP contribution in [0.1, 0.15) is 24.6 Å². The molecule has 3 aromatic heterocycles. The van der Waals surface area contributed by atoms with Gasteiger partial charge in [-0.3, -0.25) is 14.0 Å². The summed E-state index contributed by atoms with van der Waals surface area (Å²) in [4.78, 5) is 31.9. The molecular weight excluding hydrogens is 656 g/mol. The molecule has 45 heavy (non-hydrogen) atoms. The van der Waals surface area contributed by atoms with Crippen LogP contribution in [-0.4, -0.2) is 79.3 Å². The number of aliphatic carboxylic acids is 1. The molecule has 1 aliphatic rings. The molecule has 4 heterocycles. The van der Waals surface area contributed by atoms with Gasteiger partial charge in [0.1, 0.15) is 9.22 Å². The molecule has 1 fully saturated rings. The highest BCUT2D eigenvalue weighted by molar-refractivity contribution is 7.94. The number of nitrogens with zero attached hydrogens (tertiary/aromatic N) is 3. The Kier molecular flexibility index (Phi) is 11.2. The fourth-order valence-corrected chi connectivity index (χ4v) is 8.24. The summed E-state index contributed by atoms with van der Waals surface area (Å²) >= 11 is 2.81. The normalized spacial score (nSPS) is 14.7. The van der Waals surface area contributed by atoms with Gasteiger partial charge in [-0.2, -0.15) is 13.2 Å². The molecule has 17 heteroatoms. The first-order chi connectivity index (χ1) is 21.3. The molecule has 0 aliphatic carbocycles. The molecule has 1 amide bonds.